The van der Waals surface area contributed by atoms with Crippen molar-refractivity contribution in [3.8, 4) is 0 Å². The van der Waals surface area contributed by atoms with Crippen molar-refractivity contribution in [2.45, 2.75) is 52.1 Å². The van der Waals surface area contributed by atoms with Crippen molar-refractivity contribution in [3.05, 3.63) is 41.6 Å². The number of pyridine rings is 1. The van der Waals surface area contributed by atoms with Crippen LogP contribution in [0.1, 0.15) is 56.4 Å². The Morgan fingerprint density at radius 3 is 2.81 bits per heavy atom. The first-order valence-corrected chi connectivity index (χ1v) is 8.24. The molecule has 0 aliphatic heterocycles. The van der Waals surface area contributed by atoms with Crippen molar-refractivity contribution < 1.29 is 5.11 Å². The number of benzene rings is 1. The molecular formula is C19H25NO. The monoisotopic (exact) mass is 283 g/mol. The van der Waals surface area contributed by atoms with Crippen molar-refractivity contribution in [1.82, 2.24) is 4.98 Å². The molecule has 2 aromatic rings. The second-order valence-corrected chi connectivity index (χ2v) is 6.47. The normalized spacial score (nSPS) is 24.1. The maximum absolute atomic E-state index is 10.8. The number of aryl methyl sites for hydroxylation is 1. The van der Waals surface area contributed by atoms with E-state index < -0.39 is 0 Å². The predicted molar refractivity (Wildman–Crippen MR) is 87.2 cm³/mol. The molecule has 1 N–H and O–H groups in total. The Morgan fingerprint density at radius 2 is 2.00 bits per heavy atom. The number of hydrogen-bond acceptors (Lipinski definition) is 2. The van der Waals surface area contributed by atoms with Crippen LogP contribution in [0.15, 0.2) is 30.3 Å². The summed E-state index contributed by atoms with van der Waals surface area (Å²) in [6.45, 7) is 4.26. The molecule has 21 heavy (non-hydrogen) atoms. The van der Waals surface area contributed by atoms with E-state index in [4.69, 9.17) is 0 Å². The average Bonchev–Trinajstić information content (AvgIpc) is 2.53. The van der Waals surface area contributed by atoms with Gasteiger partial charge < -0.3 is 5.11 Å². The second kappa shape index (κ2) is 6.15. The highest BCUT2D eigenvalue weighted by molar-refractivity contribution is 5.79. The van der Waals surface area contributed by atoms with Gasteiger partial charge in [0.2, 0.25) is 0 Å². The van der Waals surface area contributed by atoms with Crippen LogP contribution in [-0.2, 0) is 0 Å². The quantitative estimate of drug-likeness (QED) is 0.878. The summed E-state index contributed by atoms with van der Waals surface area (Å²) in [5.74, 6) is 1.08. The van der Waals surface area contributed by atoms with Crippen LogP contribution in [0.25, 0.3) is 10.9 Å². The first-order valence-electron chi connectivity index (χ1n) is 8.24. The van der Waals surface area contributed by atoms with Gasteiger partial charge >= 0.3 is 0 Å². The van der Waals surface area contributed by atoms with Gasteiger partial charge in [-0.15, -0.1) is 0 Å². The zero-order valence-corrected chi connectivity index (χ0v) is 13.0. The Kier molecular flexibility index (Phi) is 4.25. The number of hydrogen-bond donors (Lipinski definition) is 1. The van der Waals surface area contributed by atoms with Gasteiger partial charge in [-0.05, 0) is 48.9 Å². The smallest absolute Gasteiger partial charge is 0.0821 e. The van der Waals surface area contributed by atoms with E-state index >= 15 is 0 Å². The molecule has 1 fully saturated rings. The summed E-state index contributed by atoms with van der Waals surface area (Å²) in [5, 5.41) is 12.0. The van der Waals surface area contributed by atoms with Gasteiger partial charge in [-0.2, -0.15) is 0 Å². The molecule has 0 saturated heterocycles. The molecule has 1 aliphatic rings. The molecule has 3 unspecified atom stereocenters. The number of fused-ring (bicyclic) bond motifs is 1. The molecule has 1 aromatic carbocycles. The minimum atomic E-state index is -0.332. The van der Waals surface area contributed by atoms with Crippen LogP contribution in [0.2, 0.25) is 0 Å². The van der Waals surface area contributed by atoms with Crippen molar-refractivity contribution >= 4 is 10.9 Å². The van der Waals surface area contributed by atoms with Gasteiger partial charge in [0.25, 0.3) is 0 Å². The van der Waals surface area contributed by atoms with Gasteiger partial charge in [-0.25, -0.2) is 0 Å². The lowest BCUT2D eigenvalue weighted by Crippen LogP contribution is -2.25. The zero-order valence-electron chi connectivity index (χ0n) is 13.0. The Labute approximate surface area is 127 Å². The second-order valence-electron chi connectivity index (χ2n) is 6.47. The van der Waals surface area contributed by atoms with Crippen LogP contribution < -0.4 is 0 Å². The van der Waals surface area contributed by atoms with E-state index in [0.717, 1.165) is 28.6 Å². The highest BCUT2D eigenvalue weighted by atomic mass is 16.3. The SMILES string of the molecule is CCC1CCCCC1C(O)c1ccc2nc(C)ccc2c1. The Hall–Kier alpha value is -1.41. The van der Waals surface area contributed by atoms with E-state index in [2.05, 4.69) is 30.1 Å². The molecule has 0 spiro atoms. The third-order valence-corrected chi connectivity index (χ3v) is 5.09. The molecule has 3 rings (SSSR count). The van der Waals surface area contributed by atoms with Crippen molar-refractivity contribution in [2.75, 3.05) is 0 Å². The highest BCUT2D eigenvalue weighted by Crippen LogP contribution is 2.40. The topological polar surface area (TPSA) is 33.1 Å². The minimum absolute atomic E-state index is 0.332. The standard InChI is InChI=1S/C19H25NO/c1-3-14-6-4-5-7-17(14)19(21)16-10-11-18-15(12-16)9-8-13(2)20-18/h8-12,14,17,19,21H,3-7H2,1-2H3. The first kappa shape index (κ1) is 14.5. The summed E-state index contributed by atoms with van der Waals surface area (Å²) < 4.78 is 0. The van der Waals surface area contributed by atoms with E-state index in [1.54, 1.807) is 0 Å². The van der Waals surface area contributed by atoms with Gasteiger partial charge in [0.15, 0.2) is 0 Å². The summed E-state index contributed by atoms with van der Waals surface area (Å²) in [5.41, 5.74) is 3.11. The third kappa shape index (κ3) is 2.96. The molecule has 2 nitrogen and oxygen atoms in total. The molecule has 1 heterocycles. The molecular weight excluding hydrogens is 258 g/mol. The van der Waals surface area contributed by atoms with Crippen LogP contribution >= 0.6 is 0 Å². The van der Waals surface area contributed by atoms with Crippen LogP contribution in [0.3, 0.4) is 0 Å². The van der Waals surface area contributed by atoms with E-state index in [0.29, 0.717) is 11.8 Å². The maximum Gasteiger partial charge on any atom is 0.0821 e. The number of aromatic nitrogens is 1. The fraction of sp³-hybridized carbons (Fsp3) is 0.526. The number of aliphatic hydroxyl groups is 1. The molecule has 0 bridgehead atoms. The van der Waals surface area contributed by atoms with Gasteiger partial charge in [0.05, 0.1) is 11.6 Å². The van der Waals surface area contributed by atoms with E-state index in [1.165, 1.54) is 25.7 Å². The van der Waals surface area contributed by atoms with Crippen molar-refractivity contribution in [1.29, 1.82) is 0 Å². The van der Waals surface area contributed by atoms with E-state index in [9.17, 15) is 5.11 Å². The molecule has 2 heteroatoms. The van der Waals surface area contributed by atoms with Gasteiger partial charge in [0, 0.05) is 11.1 Å². The fourth-order valence-corrected chi connectivity index (χ4v) is 3.84. The highest BCUT2D eigenvalue weighted by Gasteiger charge is 2.30. The lowest BCUT2D eigenvalue weighted by Gasteiger charge is -2.34. The molecule has 1 saturated carbocycles. The minimum Gasteiger partial charge on any atom is -0.388 e. The Morgan fingerprint density at radius 1 is 1.19 bits per heavy atom. The maximum atomic E-state index is 10.8. The van der Waals surface area contributed by atoms with Gasteiger partial charge in [-0.1, -0.05) is 44.7 Å². The Balaban J connectivity index is 1.89. The predicted octanol–water partition coefficient (Wildman–Crippen LogP) is 4.79. The van der Waals surface area contributed by atoms with Crippen LogP contribution in [-0.4, -0.2) is 10.1 Å². The van der Waals surface area contributed by atoms with Crippen molar-refractivity contribution in [3.63, 3.8) is 0 Å². The largest absolute Gasteiger partial charge is 0.388 e. The van der Waals surface area contributed by atoms with Crippen LogP contribution in [0.4, 0.5) is 0 Å². The number of nitrogens with zero attached hydrogens (tertiary/aromatic N) is 1. The number of rotatable bonds is 3. The first-order chi connectivity index (χ1) is 10.2. The van der Waals surface area contributed by atoms with Gasteiger partial charge in [-0.3, -0.25) is 4.98 Å². The lowest BCUT2D eigenvalue weighted by atomic mass is 9.73. The molecule has 0 amide bonds. The van der Waals surface area contributed by atoms with E-state index in [-0.39, 0.29) is 6.10 Å². The summed E-state index contributed by atoms with van der Waals surface area (Å²) in [4.78, 5) is 4.54. The third-order valence-electron chi connectivity index (χ3n) is 5.09. The summed E-state index contributed by atoms with van der Waals surface area (Å²) in [7, 11) is 0. The molecule has 1 aromatic heterocycles. The Bertz CT molecular complexity index is 622. The average molecular weight is 283 g/mol. The molecule has 112 valence electrons. The van der Waals surface area contributed by atoms with Crippen molar-refractivity contribution in [2.24, 2.45) is 11.8 Å². The fourth-order valence-electron chi connectivity index (χ4n) is 3.84. The van der Waals surface area contributed by atoms with Crippen LogP contribution in [0.5, 0.6) is 0 Å². The molecule has 0 radical (unpaired) electrons. The molecule has 3 atom stereocenters. The van der Waals surface area contributed by atoms with Gasteiger partial charge in [0.1, 0.15) is 0 Å². The number of aliphatic hydroxyl groups excluding tert-OH is 1. The summed E-state index contributed by atoms with van der Waals surface area (Å²) in [6.07, 6.45) is 5.85. The zero-order chi connectivity index (χ0) is 14.8. The lowest BCUT2D eigenvalue weighted by molar-refractivity contribution is 0.0453. The van der Waals surface area contributed by atoms with Crippen LogP contribution in [0, 0.1) is 18.8 Å². The van der Waals surface area contributed by atoms with E-state index in [1.807, 2.05) is 19.1 Å². The summed E-state index contributed by atoms with van der Waals surface area (Å²) >= 11 is 0. The summed E-state index contributed by atoms with van der Waals surface area (Å²) in [6, 6.07) is 10.4. The molecule has 1 aliphatic carbocycles.